The van der Waals surface area contributed by atoms with Crippen LogP contribution < -0.4 is 16.0 Å². The number of carbonyl (C=O) groups excluding carboxylic acids is 1. The molecule has 1 rings (SSSR count). The number of ether oxygens (including phenoxy) is 1. The van der Waals surface area contributed by atoms with Crippen LogP contribution in [0.15, 0.2) is 4.99 Å². The van der Waals surface area contributed by atoms with Crippen molar-refractivity contribution in [2.75, 3.05) is 60.0 Å². The Hall–Kier alpha value is -1.34. The number of methoxy groups -OCH3 is 1. The maximum absolute atomic E-state index is 11.7. The van der Waals surface area contributed by atoms with E-state index in [-0.39, 0.29) is 11.8 Å². The Labute approximate surface area is 153 Å². The number of amides is 1. The Morgan fingerprint density at radius 1 is 1.16 bits per heavy atom. The molecular weight excluding hydrogens is 318 g/mol. The fraction of sp³-hybridized carbons (Fsp3) is 0.889. The molecule has 1 aliphatic rings. The van der Waals surface area contributed by atoms with Gasteiger partial charge >= 0.3 is 0 Å². The quantitative estimate of drug-likeness (QED) is 0.259. The molecule has 7 heteroatoms. The van der Waals surface area contributed by atoms with Crippen molar-refractivity contribution in [2.24, 2.45) is 10.9 Å². The van der Waals surface area contributed by atoms with Gasteiger partial charge in [-0.05, 0) is 39.7 Å². The minimum atomic E-state index is 0.219. The molecule has 0 aromatic heterocycles. The molecule has 7 nitrogen and oxygen atoms in total. The number of carbonyl (C=O) groups is 1. The Kier molecular flexibility index (Phi) is 12.1. The normalized spacial score (nSPS) is 15.1. The molecule has 1 saturated carbocycles. The average Bonchev–Trinajstić information content (AvgIpc) is 2.53. The molecule has 0 unspecified atom stereocenters. The molecular formula is C18H37N5O2. The molecule has 146 valence electrons. The molecule has 1 fully saturated rings. The first kappa shape index (κ1) is 21.7. The van der Waals surface area contributed by atoms with E-state index >= 15 is 0 Å². The van der Waals surface area contributed by atoms with E-state index in [0.717, 1.165) is 64.4 Å². The lowest BCUT2D eigenvalue weighted by Crippen LogP contribution is -2.41. The van der Waals surface area contributed by atoms with Gasteiger partial charge in [0.1, 0.15) is 0 Å². The van der Waals surface area contributed by atoms with Crippen LogP contribution in [0.2, 0.25) is 0 Å². The highest BCUT2D eigenvalue weighted by Gasteiger charge is 2.24. The lowest BCUT2D eigenvalue weighted by atomic mass is 9.85. The molecule has 0 bridgehead atoms. The highest BCUT2D eigenvalue weighted by molar-refractivity contribution is 5.80. The number of rotatable bonds is 13. The Morgan fingerprint density at radius 3 is 2.60 bits per heavy atom. The van der Waals surface area contributed by atoms with Crippen molar-refractivity contribution in [1.82, 2.24) is 20.9 Å². The first-order valence-corrected chi connectivity index (χ1v) is 9.64. The van der Waals surface area contributed by atoms with Crippen LogP contribution in [0.5, 0.6) is 0 Å². The van der Waals surface area contributed by atoms with Crippen LogP contribution in [-0.4, -0.2) is 76.8 Å². The maximum Gasteiger partial charge on any atom is 0.223 e. The molecule has 0 heterocycles. The number of hydrogen-bond acceptors (Lipinski definition) is 4. The summed E-state index contributed by atoms with van der Waals surface area (Å²) in [6, 6.07) is 0. The van der Waals surface area contributed by atoms with Crippen molar-refractivity contribution in [3.8, 4) is 0 Å². The standard InChI is InChI=1S/C18H37N5O2/c1-4-19-18(22-12-14-23(2)13-7-15-25-3)21-11-6-10-20-17(24)16-8-5-9-16/h16H,4-15H2,1-3H3,(H,20,24)(H2,19,21,22). The summed E-state index contributed by atoms with van der Waals surface area (Å²) in [5, 5.41) is 9.62. The van der Waals surface area contributed by atoms with Crippen molar-refractivity contribution in [3.05, 3.63) is 0 Å². The lowest BCUT2D eigenvalue weighted by Gasteiger charge is -2.23. The molecule has 0 aliphatic heterocycles. The van der Waals surface area contributed by atoms with Gasteiger partial charge in [0, 0.05) is 58.9 Å². The molecule has 0 aromatic carbocycles. The molecule has 0 spiro atoms. The van der Waals surface area contributed by atoms with Gasteiger partial charge in [-0.3, -0.25) is 9.79 Å². The van der Waals surface area contributed by atoms with E-state index in [4.69, 9.17) is 4.74 Å². The number of guanidine groups is 1. The number of nitrogens with zero attached hydrogens (tertiary/aromatic N) is 2. The lowest BCUT2D eigenvalue weighted by molar-refractivity contribution is -0.127. The Bertz CT molecular complexity index is 386. The number of aliphatic imine (C=N–C) groups is 1. The second-order valence-corrected chi connectivity index (χ2v) is 6.61. The fourth-order valence-corrected chi connectivity index (χ4v) is 2.59. The van der Waals surface area contributed by atoms with E-state index in [0.29, 0.717) is 13.1 Å². The third kappa shape index (κ3) is 10.3. The molecule has 0 atom stereocenters. The smallest absolute Gasteiger partial charge is 0.223 e. The molecule has 1 amide bonds. The van der Waals surface area contributed by atoms with Gasteiger partial charge in [0.2, 0.25) is 5.91 Å². The van der Waals surface area contributed by atoms with Gasteiger partial charge < -0.3 is 25.6 Å². The third-order valence-electron chi connectivity index (χ3n) is 4.40. The third-order valence-corrected chi connectivity index (χ3v) is 4.40. The van der Waals surface area contributed by atoms with Crippen molar-refractivity contribution >= 4 is 11.9 Å². The van der Waals surface area contributed by atoms with Crippen molar-refractivity contribution < 1.29 is 9.53 Å². The van der Waals surface area contributed by atoms with Gasteiger partial charge in [0.15, 0.2) is 5.96 Å². The van der Waals surface area contributed by atoms with Crippen LogP contribution >= 0.6 is 0 Å². The molecule has 1 aliphatic carbocycles. The van der Waals surface area contributed by atoms with Crippen molar-refractivity contribution in [1.29, 1.82) is 0 Å². The van der Waals surface area contributed by atoms with Crippen LogP contribution in [0, 0.1) is 5.92 Å². The van der Waals surface area contributed by atoms with Gasteiger partial charge in [0.25, 0.3) is 0 Å². The SMILES string of the molecule is CCNC(=NCCCNC(=O)C1CCC1)NCCN(C)CCCOC. The van der Waals surface area contributed by atoms with E-state index in [1.54, 1.807) is 7.11 Å². The average molecular weight is 356 g/mol. The zero-order valence-corrected chi connectivity index (χ0v) is 16.3. The molecule has 0 radical (unpaired) electrons. The van der Waals surface area contributed by atoms with Gasteiger partial charge in [-0.2, -0.15) is 0 Å². The predicted octanol–water partition coefficient (Wildman–Crippen LogP) is 0.816. The highest BCUT2D eigenvalue weighted by Crippen LogP contribution is 2.25. The predicted molar refractivity (Wildman–Crippen MR) is 103 cm³/mol. The first-order chi connectivity index (χ1) is 12.2. The van der Waals surface area contributed by atoms with Crippen LogP contribution in [0.25, 0.3) is 0 Å². The largest absolute Gasteiger partial charge is 0.385 e. The fourth-order valence-electron chi connectivity index (χ4n) is 2.59. The molecule has 0 aromatic rings. The molecule has 25 heavy (non-hydrogen) atoms. The van der Waals surface area contributed by atoms with E-state index in [1.807, 2.05) is 0 Å². The van der Waals surface area contributed by atoms with Crippen LogP contribution in [-0.2, 0) is 9.53 Å². The molecule has 0 saturated heterocycles. The van der Waals surface area contributed by atoms with Crippen molar-refractivity contribution in [3.63, 3.8) is 0 Å². The second-order valence-electron chi connectivity index (χ2n) is 6.61. The van der Waals surface area contributed by atoms with E-state index in [1.165, 1.54) is 6.42 Å². The number of likely N-dealkylation sites (N-methyl/N-ethyl adjacent to an activating group) is 1. The topological polar surface area (TPSA) is 78.0 Å². The summed E-state index contributed by atoms with van der Waals surface area (Å²) in [5.41, 5.74) is 0. The summed E-state index contributed by atoms with van der Waals surface area (Å²) in [5.74, 6) is 1.33. The summed E-state index contributed by atoms with van der Waals surface area (Å²) < 4.78 is 5.07. The summed E-state index contributed by atoms with van der Waals surface area (Å²) in [7, 11) is 3.85. The van der Waals surface area contributed by atoms with Gasteiger partial charge in [-0.1, -0.05) is 6.42 Å². The number of hydrogen-bond donors (Lipinski definition) is 3. The van der Waals surface area contributed by atoms with Crippen LogP contribution in [0.3, 0.4) is 0 Å². The van der Waals surface area contributed by atoms with Crippen molar-refractivity contribution in [2.45, 2.75) is 39.0 Å². The Morgan fingerprint density at radius 2 is 1.96 bits per heavy atom. The first-order valence-electron chi connectivity index (χ1n) is 9.64. The summed E-state index contributed by atoms with van der Waals surface area (Å²) in [4.78, 5) is 18.6. The van der Waals surface area contributed by atoms with Crippen LogP contribution in [0.4, 0.5) is 0 Å². The monoisotopic (exact) mass is 355 g/mol. The van der Waals surface area contributed by atoms with Gasteiger partial charge in [-0.25, -0.2) is 0 Å². The van der Waals surface area contributed by atoms with Gasteiger partial charge in [-0.15, -0.1) is 0 Å². The number of nitrogens with one attached hydrogen (secondary N) is 3. The summed E-state index contributed by atoms with van der Waals surface area (Å²) >= 11 is 0. The molecule has 3 N–H and O–H groups in total. The van der Waals surface area contributed by atoms with E-state index in [9.17, 15) is 4.79 Å². The highest BCUT2D eigenvalue weighted by atomic mass is 16.5. The van der Waals surface area contributed by atoms with E-state index < -0.39 is 0 Å². The zero-order chi connectivity index (χ0) is 18.3. The summed E-state index contributed by atoms with van der Waals surface area (Å²) in [6.45, 7) is 7.98. The van der Waals surface area contributed by atoms with Crippen LogP contribution in [0.1, 0.15) is 39.0 Å². The van der Waals surface area contributed by atoms with E-state index in [2.05, 4.69) is 39.8 Å². The minimum absolute atomic E-state index is 0.219. The zero-order valence-electron chi connectivity index (χ0n) is 16.3. The summed E-state index contributed by atoms with van der Waals surface area (Å²) in [6.07, 6.45) is 5.22. The maximum atomic E-state index is 11.7. The minimum Gasteiger partial charge on any atom is -0.385 e. The van der Waals surface area contributed by atoms with Gasteiger partial charge in [0.05, 0.1) is 0 Å². The second kappa shape index (κ2) is 13.9. The Balaban J connectivity index is 2.12.